The summed E-state index contributed by atoms with van der Waals surface area (Å²) in [7, 11) is 0. The number of benzene rings is 1. The van der Waals surface area contributed by atoms with Gasteiger partial charge in [-0.3, -0.25) is 9.78 Å². The molecular weight excluding hydrogens is 204 g/mol. The summed E-state index contributed by atoms with van der Waals surface area (Å²) >= 11 is 0. The molecule has 0 aliphatic rings. The number of aromatic nitrogens is 1. The molecule has 1 aromatic heterocycles. The van der Waals surface area contributed by atoms with Crippen LogP contribution in [-0.2, 0) is 0 Å². The van der Waals surface area contributed by atoms with Crippen LogP contribution in [0.5, 0.6) is 5.75 Å². The number of nitrogens with one attached hydrogen (secondary N) is 1. The van der Waals surface area contributed by atoms with Gasteiger partial charge >= 0.3 is 0 Å². The Morgan fingerprint density at radius 1 is 1.19 bits per heavy atom. The fraction of sp³-hybridized carbons (Fsp3) is 0. The van der Waals surface area contributed by atoms with E-state index in [0.29, 0.717) is 11.3 Å². The van der Waals surface area contributed by atoms with E-state index in [9.17, 15) is 9.90 Å². The lowest BCUT2D eigenvalue weighted by Gasteiger charge is -2.04. The number of carbonyl (C=O) groups is 1. The molecule has 80 valence electrons. The Morgan fingerprint density at radius 3 is 2.62 bits per heavy atom. The zero-order chi connectivity index (χ0) is 11.4. The largest absolute Gasteiger partial charge is 0.506 e. The number of anilines is 1. The van der Waals surface area contributed by atoms with Crippen LogP contribution in [0.25, 0.3) is 0 Å². The standard InChI is InChI=1S/C12H10N2O2/c15-11-6-9(7-13-8-11)12(16)14-10-4-2-1-3-5-10/h1-8,15H,(H,14,16). The smallest absolute Gasteiger partial charge is 0.257 e. The van der Waals surface area contributed by atoms with Crippen LogP contribution in [0.4, 0.5) is 5.69 Å². The van der Waals surface area contributed by atoms with E-state index in [1.807, 2.05) is 18.2 Å². The molecule has 0 aliphatic heterocycles. The monoisotopic (exact) mass is 214 g/mol. The van der Waals surface area contributed by atoms with Gasteiger partial charge in [-0.2, -0.15) is 0 Å². The summed E-state index contributed by atoms with van der Waals surface area (Å²) in [6.07, 6.45) is 2.68. The van der Waals surface area contributed by atoms with Crippen molar-refractivity contribution in [2.45, 2.75) is 0 Å². The van der Waals surface area contributed by atoms with Gasteiger partial charge in [-0.05, 0) is 18.2 Å². The molecule has 1 amide bonds. The number of hydrogen-bond acceptors (Lipinski definition) is 3. The van der Waals surface area contributed by atoms with Crippen molar-refractivity contribution >= 4 is 11.6 Å². The fourth-order valence-corrected chi connectivity index (χ4v) is 1.28. The minimum absolute atomic E-state index is 0.0271. The Bertz CT molecular complexity index is 497. The van der Waals surface area contributed by atoms with Crippen LogP contribution in [0, 0.1) is 0 Å². The molecule has 4 heteroatoms. The molecule has 16 heavy (non-hydrogen) atoms. The molecule has 2 N–H and O–H groups in total. The maximum absolute atomic E-state index is 11.7. The summed E-state index contributed by atoms with van der Waals surface area (Å²) in [6, 6.07) is 10.5. The van der Waals surface area contributed by atoms with Crippen molar-refractivity contribution in [3.63, 3.8) is 0 Å². The first-order valence-electron chi connectivity index (χ1n) is 4.76. The van der Waals surface area contributed by atoms with E-state index in [0.717, 1.165) is 0 Å². The Kier molecular flexibility index (Phi) is 2.82. The highest BCUT2D eigenvalue weighted by atomic mass is 16.3. The van der Waals surface area contributed by atoms with Gasteiger partial charge in [0, 0.05) is 11.9 Å². The van der Waals surface area contributed by atoms with Gasteiger partial charge in [0.15, 0.2) is 0 Å². The number of para-hydroxylation sites is 1. The van der Waals surface area contributed by atoms with E-state index in [1.165, 1.54) is 18.5 Å². The zero-order valence-corrected chi connectivity index (χ0v) is 8.42. The van der Waals surface area contributed by atoms with Crippen molar-refractivity contribution in [2.75, 3.05) is 5.32 Å². The molecule has 0 saturated carbocycles. The topological polar surface area (TPSA) is 62.2 Å². The Balaban J connectivity index is 2.15. The van der Waals surface area contributed by atoms with Gasteiger partial charge < -0.3 is 10.4 Å². The van der Waals surface area contributed by atoms with E-state index < -0.39 is 0 Å². The summed E-state index contributed by atoms with van der Waals surface area (Å²) in [5.74, 6) is -0.324. The first kappa shape index (κ1) is 10.2. The maximum Gasteiger partial charge on any atom is 0.257 e. The summed E-state index contributed by atoms with van der Waals surface area (Å²) in [6.45, 7) is 0. The molecule has 0 radical (unpaired) electrons. The average Bonchev–Trinajstić information content (AvgIpc) is 2.30. The maximum atomic E-state index is 11.7. The summed E-state index contributed by atoms with van der Waals surface area (Å²) in [5.41, 5.74) is 1.03. The van der Waals surface area contributed by atoms with Gasteiger partial charge in [-0.1, -0.05) is 18.2 Å². The van der Waals surface area contributed by atoms with Crippen molar-refractivity contribution in [1.82, 2.24) is 4.98 Å². The first-order chi connectivity index (χ1) is 7.75. The summed E-state index contributed by atoms with van der Waals surface area (Å²) < 4.78 is 0. The van der Waals surface area contributed by atoms with Crippen molar-refractivity contribution in [2.24, 2.45) is 0 Å². The highest BCUT2D eigenvalue weighted by Gasteiger charge is 2.06. The second-order valence-electron chi connectivity index (χ2n) is 3.25. The number of carbonyl (C=O) groups excluding carboxylic acids is 1. The number of hydrogen-bond donors (Lipinski definition) is 2. The van der Waals surface area contributed by atoms with Crippen molar-refractivity contribution < 1.29 is 9.90 Å². The van der Waals surface area contributed by atoms with Gasteiger partial charge in [0.05, 0.1) is 11.8 Å². The number of amides is 1. The molecule has 4 nitrogen and oxygen atoms in total. The summed E-state index contributed by atoms with van der Waals surface area (Å²) in [4.78, 5) is 15.4. The van der Waals surface area contributed by atoms with E-state index in [2.05, 4.69) is 10.3 Å². The zero-order valence-electron chi connectivity index (χ0n) is 8.42. The summed E-state index contributed by atoms with van der Waals surface area (Å²) in [5, 5.41) is 11.9. The van der Waals surface area contributed by atoms with E-state index in [4.69, 9.17) is 0 Å². The molecule has 2 rings (SSSR count). The van der Waals surface area contributed by atoms with Crippen LogP contribution in [-0.4, -0.2) is 16.0 Å². The van der Waals surface area contributed by atoms with Crippen molar-refractivity contribution in [3.05, 3.63) is 54.4 Å². The van der Waals surface area contributed by atoms with Gasteiger partial charge in [-0.15, -0.1) is 0 Å². The van der Waals surface area contributed by atoms with Crippen molar-refractivity contribution in [1.29, 1.82) is 0 Å². The van der Waals surface area contributed by atoms with E-state index >= 15 is 0 Å². The molecule has 1 heterocycles. The average molecular weight is 214 g/mol. The second-order valence-corrected chi connectivity index (χ2v) is 3.25. The van der Waals surface area contributed by atoms with Gasteiger partial charge in [0.1, 0.15) is 5.75 Å². The lowest BCUT2D eigenvalue weighted by molar-refractivity contribution is 0.102. The molecule has 0 fully saturated rings. The SMILES string of the molecule is O=C(Nc1ccccc1)c1cncc(O)c1. The van der Waals surface area contributed by atoms with E-state index in [1.54, 1.807) is 12.1 Å². The number of nitrogens with zero attached hydrogens (tertiary/aromatic N) is 1. The Hall–Kier alpha value is -2.36. The molecule has 0 unspecified atom stereocenters. The van der Waals surface area contributed by atoms with Crippen LogP contribution in [0.15, 0.2) is 48.8 Å². The first-order valence-corrected chi connectivity index (χ1v) is 4.76. The third kappa shape index (κ3) is 2.36. The predicted octanol–water partition coefficient (Wildman–Crippen LogP) is 2.04. The Morgan fingerprint density at radius 2 is 1.94 bits per heavy atom. The minimum Gasteiger partial charge on any atom is -0.506 e. The fourth-order valence-electron chi connectivity index (χ4n) is 1.28. The second kappa shape index (κ2) is 4.44. The predicted molar refractivity (Wildman–Crippen MR) is 60.3 cm³/mol. The van der Waals surface area contributed by atoms with Gasteiger partial charge in [-0.25, -0.2) is 0 Å². The highest BCUT2D eigenvalue weighted by Crippen LogP contribution is 2.11. The number of aromatic hydroxyl groups is 1. The number of pyridine rings is 1. The molecule has 0 bridgehead atoms. The lowest BCUT2D eigenvalue weighted by atomic mass is 10.2. The third-order valence-corrected chi connectivity index (χ3v) is 2.02. The van der Waals surface area contributed by atoms with Crippen LogP contribution in [0.1, 0.15) is 10.4 Å². The molecule has 0 spiro atoms. The normalized spacial score (nSPS) is 9.75. The lowest BCUT2D eigenvalue weighted by Crippen LogP contribution is -2.11. The van der Waals surface area contributed by atoms with E-state index in [-0.39, 0.29) is 11.7 Å². The van der Waals surface area contributed by atoms with Crippen LogP contribution in [0.2, 0.25) is 0 Å². The molecule has 0 aliphatic carbocycles. The van der Waals surface area contributed by atoms with Crippen LogP contribution < -0.4 is 5.32 Å². The Labute approximate surface area is 92.6 Å². The van der Waals surface area contributed by atoms with Crippen LogP contribution >= 0.6 is 0 Å². The minimum atomic E-state index is -0.297. The molecular formula is C12H10N2O2. The third-order valence-electron chi connectivity index (χ3n) is 2.02. The molecule has 0 atom stereocenters. The van der Waals surface area contributed by atoms with Crippen LogP contribution in [0.3, 0.4) is 0 Å². The quantitative estimate of drug-likeness (QED) is 0.804. The molecule has 0 saturated heterocycles. The molecule has 2 aromatic rings. The number of rotatable bonds is 2. The highest BCUT2D eigenvalue weighted by molar-refractivity contribution is 6.04. The van der Waals surface area contributed by atoms with Crippen molar-refractivity contribution in [3.8, 4) is 5.75 Å². The molecule has 1 aromatic carbocycles. The van der Waals surface area contributed by atoms with Gasteiger partial charge in [0.2, 0.25) is 0 Å². The van der Waals surface area contributed by atoms with Gasteiger partial charge in [0.25, 0.3) is 5.91 Å².